The summed E-state index contributed by atoms with van der Waals surface area (Å²) in [4.78, 5) is 20.2. The first-order valence-corrected chi connectivity index (χ1v) is 9.29. The van der Waals surface area contributed by atoms with Crippen LogP contribution in [-0.4, -0.2) is 30.7 Å². The van der Waals surface area contributed by atoms with Crippen LogP contribution in [-0.2, 0) is 12.8 Å². The van der Waals surface area contributed by atoms with Gasteiger partial charge in [0.1, 0.15) is 17.6 Å². The molecule has 0 aliphatic heterocycles. The van der Waals surface area contributed by atoms with E-state index in [4.69, 9.17) is 0 Å². The van der Waals surface area contributed by atoms with Gasteiger partial charge in [-0.15, -0.1) is 0 Å². The van der Waals surface area contributed by atoms with E-state index < -0.39 is 5.97 Å². The van der Waals surface area contributed by atoms with Gasteiger partial charge in [-0.2, -0.15) is 0 Å². The van der Waals surface area contributed by atoms with Gasteiger partial charge in [-0.1, -0.05) is 30.3 Å². The highest BCUT2D eigenvalue weighted by Crippen LogP contribution is 2.39. The molecule has 4 aromatic rings. The molecule has 2 aromatic heterocycles. The number of carboxylic acid groups (broad SMARTS) is 1. The summed E-state index contributed by atoms with van der Waals surface area (Å²) in [6, 6.07) is 16.7. The van der Waals surface area contributed by atoms with Gasteiger partial charge in [0, 0.05) is 23.1 Å². The quantitative estimate of drug-likeness (QED) is 0.556. The van der Waals surface area contributed by atoms with Gasteiger partial charge >= 0.3 is 5.97 Å². The van der Waals surface area contributed by atoms with Crippen molar-refractivity contribution in [2.45, 2.75) is 12.8 Å². The molecule has 2 heterocycles. The molecule has 0 saturated heterocycles. The number of hydrogen-bond donors (Lipinski definition) is 2. The lowest BCUT2D eigenvalue weighted by Gasteiger charge is -2.19. The van der Waals surface area contributed by atoms with E-state index in [9.17, 15) is 15.0 Å². The second kappa shape index (κ2) is 6.60. The average molecular weight is 383 g/mol. The Morgan fingerprint density at radius 1 is 1.03 bits per heavy atom. The average Bonchev–Trinajstić information content (AvgIpc) is 3.15. The fraction of sp³-hybridized carbons (Fsp3) is 0.0870. The van der Waals surface area contributed by atoms with E-state index >= 15 is 0 Å². The van der Waals surface area contributed by atoms with Crippen molar-refractivity contribution in [1.29, 1.82) is 0 Å². The molecule has 0 bridgehead atoms. The molecule has 0 amide bonds. The van der Waals surface area contributed by atoms with Crippen LogP contribution in [0.25, 0.3) is 28.2 Å². The Bertz CT molecular complexity index is 1250. The number of rotatable bonds is 3. The summed E-state index contributed by atoms with van der Waals surface area (Å²) in [7, 11) is 0. The lowest BCUT2D eigenvalue weighted by Crippen LogP contribution is -2.10. The van der Waals surface area contributed by atoms with E-state index in [1.54, 1.807) is 12.4 Å². The van der Waals surface area contributed by atoms with Crippen LogP contribution in [0.4, 0.5) is 0 Å². The summed E-state index contributed by atoms with van der Waals surface area (Å²) in [6.07, 6.45) is 5.00. The van der Waals surface area contributed by atoms with Gasteiger partial charge in [0.2, 0.25) is 0 Å². The third kappa shape index (κ3) is 2.77. The van der Waals surface area contributed by atoms with Crippen molar-refractivity contribution >= 4 is 5.97 Å². The molecule has 142 valence electrons. The zero-order valence-electron chi connectivity index (χ0n) is 15.4. The Kier molecular flexibility index (Phi) is 3.91. The molecule has 2 N–H and O–H groups in total. The van der Waals surface area contributed by atoms with Crippen molar-refractivity contribution in [3.8, 4) is 34.0 Å². The van der Waals surface area contributed by atoms with Crippen molar-refractivity contribution in [2.24, 2.45) is 0 Å². The number of carboxylic acids is 1. The topological polar surface area (TPSA) is 88.2 Å². The maximum absolute atomic E-state index is 11.6. The number of aryl methyl sites for hydroxylation is 1. The molecule has 0 radical (unpaired) electrons. The molecule has 0 spiro atoms. The van der Waals surface area contributed by atoms with Gasteiger partial charge in [0.25, 0.3) is 0 Å². The maximum atomic E-state index is 11.6. The predicted octanol–water partition coefficient (Wildman–Crippen LogP) is 4.10. The molecular weight excluding hydrogens is 366 g/mol. The molecular formula is C23H17N3O3. The minimum Gasteiger partial charge on any atom is -0.507 e. The van der Waals surface area contributed by atoms with Crippen molar-refractivity contribution < 1.29 is 15.0 Å². The zero-order valence-corrected chi connectivity index (χ0v) is 15.4. The zero-order chi connectivity index (χ0) is 20.0. The van der Waals surface area contributed by atoms with Gasteiger partial charge in [-0.3, -0.25) is 0 Å². The van der Waals surface area contributed by atoms with Crippen LogP contribution >= 0.6 is 0 Å². The van der Waals surface area contributed by atoms with Crippen molar-refractivity contribution in [1.82, 2.24) is 14.5 Å². The van der Waals surface area contributed by atoms with E-state index in [-0.39, 0.29) is 11.3 Å². The third-order valence-electron chi connectivity index (χ3n) is 5.32. The summed E-state index contributed by atoms with van der Waals surface area (Å²) >= 11 is 0. The largest absolute Gasteiger partial charge is 0.507 e. The van der Waals surface area contributed by atoms with E-state index in [1.807, 2.05) is 36.5 Å². The van der Waals surface area contributed by atoms with Crippen LogP contribution in [0.5, 0.6) is 5.75 Å². The number of nitrogens with zero attached hydrogens (tertiary/aromatic N) is 3. The smallest absolute Gasteiger partial charge is 0.339 e. The monoisotopic (exact) mass is 383 g/mol. The molecule has 6 heteroatoms. The highest BCUT2D eigenvalue weighted by atomic mass is 16.4. The number of benzene rings is 2. The van der Waals surface area contributed by atoms with Crippen LogP contribution in [0.1, 0.15) is 21.6 Å². The molecule has 0 unspecified atom stereocenters. The fourth-order valence-electron chi connectivity index (χ4n) is 3.99. The Labute approximate surface area is 166 Å². The number of phenols is 1. The minimum absolute atomic E-state index is 0.123. The standard InChI is InChI=1S/C23H17N3O3/c27-21-9-7-16(10-18(21)23(28)29)26-19-8-6-15-12-24-13-25-22(15)17(19)11-20(26)14-4-2-1-3-5-14/h1-5,7,9-13,27H,6,8H2,(H,28,29). The number of aromatic nitrogens is 3. The first-order chi connectivity index (χ1) is 14.1. The van der Waals surface area contributed by atoms with E-state index in [1.165, 1.54) is 12.1 Å². The molecule has 5 rings (SSSR count). The normalized spacial score (nSPS) is 12.3. The molecule has 0 saturated carbocycles. The van der Waals surface area contributed by atoms with Gasteiger partial charge in [0.05, 0.1) is 11.4 Å². The number of hydrogen-bond acceptors (Lipinski definition) is 4. The number of aromatic hydroxyl groups is 1. The maximum Gasteiger partial charge on any atom is 0.339 e. The SMILES string of the molecule is O=C(O)c1cc(-n2c(-c3ccccc3)cc3c2CCc2cncnc2-3)ccc1O. The highest BCUT2D eigenvalue weighted by Gasteiger charge is 2.25. The second-order valence-electron chi connectivity index (χ2n) is 6.99. The van der Waals surface area contributed by atoms with Crippen molar-refractivity contribution in [2.75, 3.05) is 0 Å². The Morgan fingerprint density at radius 2 is 1.86 bits per heavy atom. The number of carbonyl (C=O) groups is 1. The summed E-state index contributed by atoms with van der Waals surface area (Å²) in [5, 5.41) is 19.4. The van der Waals surface area contributed by atoms with E-state index in [0.717, 1.165) is 46.6 Å². The molecule has 6 nitrogen and oxygen atoms in total. The minimum atomic E-state index is -1.16. The van der Waals surface area contributed by atoms with Gasteiger partial charge in [-0.05, 0) is 48.2 Å². The van der Waals surface area contributed by atoms with Crippen LogP contribution in [0.3, 0.4) is 0 Å². The second-order valence-corrected chi connectivity index (χ2v) is 6.99. The lowest BCUT2D eigenvalue weighted by molar-refractivity contribution is 0.0693. The highest BCUT2D eigenvalue weighted by molar-refractivity contribution is 5.91. The lowest BCUT2D eigenvalue weighted by atomic mass is 9.95. The third-order valence-corrected chi connectivity index (χ3v) is 5.32. The Morgan fingerprint density at radius 3 is 2.66 bits per heavy atom. The van der Waals surface area contributed by atoms with Crippen molar-refractivity contribution in [3.63, 3.8) is 0 Å². The molecule has 1 aliphatic rings. The molecule has 29 heavy (non-hydrogen) atoms. The number of fused-ring (bicyclic) bond motifs is 3. The summed E-state index contributed by atoms with van der Waals surface area (Å²) in [5.41, 5.74) is 6.64. The van der Waals surface area contributed by atoms with Gasteiger partial charge in [0.15, 0.2) is 0 Å². The summed E-state index contributed by atoms with van der Waals surface area (Å²) in [5.74, 6) is -1.41. The van der Waals surface area contributed by atoms with Crippen molar-refractivity contribution in [3.05, 3.63) is 83.9 Å². The Balaban J connectivity index is 1.81. The van der Waals surface area contributed by atoms with Crippen LogP contribution < -0.4 is 0 Å². The molecule has 0 fully saturated rings. The van der Waals surface area contributed by atoms with Crippen LogP contribution in [0.2, 0.25) is 0 Å². The van der Waals surface area contributed by atoms with Gasteiger partial charge < -0.3 is 14.8 Å². The Hall–Kier alpha value is -3.93. The first kappa shape index (κ1) is 17.2. The van der Waals surface area contributed by atoms with Crippen LogP contribution in [0, 0.1) is 0 Å². The summed E-state index contributed by atoms with van der Waals surface area (Å²) in [6.45, 7) is 0. The van der Waals surface area contributed by atoms with Gasteiger partial charge in [-0.25, -0.2) is 14.8 Å². The summed E-state index contributed by atoms with van der Waals surface area (Å²) < 4.78 is 2.07. The fourth-order valence-corrected chi connectivity index (χ4v) is 3.99. The number of aromatic carboxylic acids is 1. The first-order valence-electron chi connectivity index (χ1n) is 9.29. The van der Waals surface area contributed by atoms with E-state index in [2.05, 4.69) is 20.6 Å². The molecule has 2 aromatic carbocycles. The van der Waals surface area contributed by atoms with Crippen LogP contribution in [0.15, 0.2) is 67.1 Å². The molecule has 0 atom stereocenters. The predicted molar refractivity (Wildman–Crippen MR) is 108 cm³/mol. The van der Waals surface area contributed by atoms with E-state index in [0.29, 0.717) is 5.69 Å². The molecule has 1 aliphatic carbocycles.